The van der Waals surface area contributed by atoms with Gasteiger partial charge >= 0.3 is 0 Å². The molecule has 0 saturated heterocycles. The highest BCUT2D eigenvalue weighted by Gasteiger charge is 2.02. The minimum atomic E-state index is 0.835. The van der Waals surface area contributed by atoms with Crippen LogP contribution in [0.1, 0.15) is 11.1 Å². The van der Waals surface area contributed by atoms with Crippen LogP contribution in [0, 0.1) is 0 Å². The molecule has 0 aliphatic rings. The Morgan fingerprint density at radius 1 is 1.00 bits per heavy atom. The van der Waals surface area contributed by atoms with Crippen molar-refractivity contribution in [3.8, 4) is 5.75 Å². The predicted molar refractivity (Wildman–Crippen MR) is 71.3 cm³/mol. The average molecular weight is 227 g/mol. The standard InChI is InChI=1S/C15H17NO/c1-17-14-9-10-15(16)13(11-14)8-7-12-5-3-2-4-6-12/h2-6,9-11H,7-8,16H2,1H3. The molecule has 2 nitrogen and oxygen atoms in total. The van der Waals surface area contributed by atoms with E-state index >= 15 is 0 Å². The van der Waals surface area contributed by atoms with Gasteiger partial charge in [-0.3, -0.25) is 0 Å². The second-order valence-electron chi connectivity index (χ2n) is 4.05. The second-order valence-corrected chi connectivity index (χ2v) is 4.05. The Labute approximate surface area is 102 Å². The summed E-state index contributed by atoms with van der Waals surface area (Å²) < 4.78 is 5.21. The molecule has 0 bridgehead atoms. The number of aryl methyl sites for hydroxylation is 2. The summed E-state index contributed by atoms with van der Waals surface area (Å²) in [6, 6.07) is 16.2. The van der Waals surface area contributed by atoms with Gasteiger partial charge in [-0.05, 0) is 42.2 Å². The lowest BCUT2D eigenvalue weighted by Crippen LogP contribution is -1.98. The maximum Gasteiger partial charge on any atom is 0.119 e. The Balaban J connectivity index is 2.08. The smallest absolute Gasteiger partial charge is 0.119 e. The highest BCUT2D eigenvalue weighted by atomic mass is 16.5. The quantitative estimate of drug-likeness (QED) is 0.815. The summed E-state index contributed by atoms with van der Waals surface area (Å²) in [5.74, 6) is 0.863. The van der Waals surface area contributed by atoms with Crippen LogP contribution in [0.25, 0.3) is 0 Å². The first kappa shape index (κ1) is 11.5. The zero-order chi connectivity index (χ0) is 12.1. The van der Waals surface area contributed by atoms with Gasteiger partial charge in [-0.15, -0.1) is 0 Å². The molecule has 17 heavy (non-hydrogen) atoms. The Morgan fingerprint density at radius 2 is 1.76 bits per heavy atom. The zero-order valence-corrected chi connectivity index (χ0v) is 10.0. The molecule has 0 unspecified atom stereocenters. The van der Waals surface area contributed by atoms with Gasteiger partial charge in [-0.2, -0.15) is 0 Å². The molecule has 2 aromatic carbocycles. The fourth-order valence-electron chi connectivity index (χ4n) is 1.85. The third-order valence-electron chi connectivity index (χ3n) is 2.88. The van der Waals surface area contributed by atoms with E-state index in [1.54, 1.807) is 7.11 Å². The molecule has 0 aliphatic carbocycles. The number of nitrogens with two attached hydrogens (primary N) is 1. The number of nitrogen functional groups attached to an aromatic ring is 1. The number of methoxy groups -OCH3 is 1. The molecule has 2 rings (SSSR count). The Kier molecular flexibility index (Phi) is 3.66. The topological polar surface area (TPSA) is 35.2 Å². The Bertz CT molecular complexity index is 480. The van der Waals surface area contributed by atoms with Gasteiger partial charge in [0.2, 0.25) is 0 Å². The van der Waals surface area contributed by atoms with Gasteiger partial charge in [0.25, 0.3) is 0 Å². The van der Waals surface area contributed by atoms with Gasteiger partial charge in [0.15, 0.2) is 0 Å². The molecular weight excluding hydrogens is 210 g/mol. The number of hydrogen-bond acceptors (Lipinski definition) is 2. The zero-order valence-electron chi connectivity index (χ0n) is 10.0. The number of ether oxygens (including phenoxy) is 1. The molecule has 88 valence electrons. The molecule has 0 fully saturated rings. The van der Waals surface area contributed by atoms with Crippen molar-refractivity contribution in [3.63, 3.8) is 0 Å². The summed E-state index contributed by atoms with van der Waals surface area (Å²) in [5, 5.41) is 0. The van der Waals surface area contributed by atoms with Crippen LogP contribution in [0.15, 0.2) is 48.5 Å². The first-order chi connectivity index (χ1) is 8.29. The Hall–Kier alpha value is -1.96. The van der Waals surface area contributed by atoms with Crippen molar-refractivity contribution >= 4 is 5.69 Å². The maximum atomic E-state index is 5.95. The molecular formula is C15H17NO. The van der Waals surface area contributed by atoms with Crippen LogP contribution in [-0.4, -0.2) is 7.11 Å². The molecule has 0 aliphatic heterocycles. The molecule has 0 heterocycles. The number of anilines is 1. The summed E-state index contributed by atoms with van der Waals surface area (Å²) in [7, 11) is 1.67. The summed E-state index contributed by atoms with van der Waals surface area (Å²) >= 11 is 0. The summed E-state index contributed by atoms with van der Waals surface area (Å²) in [6.07, 6.45) is 1.94. The number of rotatable bonds is 4. The van der Waals surface area contributed by atoms with Crippen molar-refractivity contribution in [2.45, 2.75) is 12.8 Å². The minimum absolute atomic E-state index is 0.835. The molecule has 2 aromatic rings. The highest BCUT2D eigenvalue weighted by Crippen LogP contribution is 2.21. The fraction of sp³-hybridized carbons (Fsp3) is 0.200. The molecule has 0 atom stereocenters. The van der Waals surface area contributed by atoms with Gasteiger partial charge < -0.3 is 10.5 Å². The van der Waals surface area contributed by atoms with Gasteiger partial charge in [-0.25, -0.2) is 0 Å². The lowest BCUT2D eigenvalue weighted by Gasteiger charge is -2.08. The molecule has 0 saturated carbocycles. The minimum Gasteiger partial charge on any atom is -0.497 e. The van der Waals surface area contributed by atoms with E-state index in [-0.39, 0.29) is 0 Å². The monoisotopic (exact) mass is 227 g/mol. The Morgan fingerprint density at radius 3 is 2.47 bits per heavy atom. The van der Waals surface area contributed by atoms with Crippen molar-refractivity contribution < 1.29 is 4.74 Å². The van der Waals surface area contributed by atoms with Gasteiger partial charge in [0.1, 0.15) is 5.75 Å². The number of benzene rings is 2. The van der Waals surface area contributed by atoms with Crippen molar-refractivity contribution in [1.29, 1.82) is 0 Å². The third kappa shape index (κ3) is 3.00. The van der Waals surface area contributed by atoms with Crippen molar-refractivity contribution in [1.82, 2.24) is 0 Å². The van der Waals surface area contributed by atoms with Crippen LogP contribution >= 0.6 is 0 Å². The van der Waals surface area contributed by atoms with E-state index < -0.39 is 0 Å². The molecule has 0 spiro atoms. The van der Waals surface area contributed by atoms with Crippen molar-refractivity contribution in [2.24, 2.45) is 0 Å². The SMILES string of the molecule is COc1ccc(N)c(CCc2ccccc2)c1. The highest BCUT2D eigenvalue weighted by molar-refractivity contribution is 5.50. The summed E-state index contributed by atoms with van der Waals surface area (Å²) in [6.45, 7) is 0. The maximum absolute atomic E-state index is 5.95. The van der Waals surface area contributed by atoms with Crippen LogP contribution < -0.4 is 10.5 Å². The third-order valence-corrected chi connectivity index (χ3v) is 2.88. The van der Waals surface area contributed by atoms with Crippen molar-refractivity contribution in [2.75, 3.05) is 12.8 Å². The van der Waals surface area contributed by atoms with E-state index in [2.05, 4.69) is 24.3 Å². The van der Waals surface area contributed by atoms with E-state index in [0.29, 0.717) is 0 Å². The van der Waals surface area contributed by atoms with E-state index in [1.165, 1.54) is 5.56 Å². The molecule has 2 heteroatoms. The van der Waals surface area contributed by atoms with Crippen LogP contribution in [0.2, 0.25) is 0 Å². The lowest BCUT2D eigenvalue weighted by atomic mass is 10.0. The van der Waals surface area contributed by atoms with E-state index in [1.807, 2.05) is 24.3 Å². The average Bonchev–Trinajstić information content (AvgIpc) is 2.39. The first-order valence-electron chi connectivity index (χ1n) is 5.76. The molecule has 0 aromatic heterocycles. The molecule has 2 N–H and O–H groups in total. The molecule has 0 radical (unpaired) electrons. The van der Waals surface area contributed by atoms with Crippen molar-refractivity contribution in [3.05, 3.63) is 59.7 Å². The lowest BCUT2D eigenvalue weighted by molar-refractivity contribution is 0.414. The van der Waals surface area contributed by atoms with E-state index in [9.17, 15) is 0 Å². The van der Waals surface area contributed by atoms with Crippen LogP contribution in [-0.2, 0) is 12.8 Å². The van der Waals surface area contributed by atoms with E-state index in [0.717, 1.165) is 29.8 Å². The summed E-state index contributed by atoms with van der Waals surface area (Å²) in [4.78, 5) is 0. The van der Waals surface area contributed by atoms with Crippen LogP contribution in [0.4, 0.5) is 5.69 Å². The van der Waals surface area contributed by atoms with Gasteiger partial charge in [0, 0.05) is 5.69 Å². The van der Waals surface area contributed by atoms with Crippen LogP contribution in [0.3, 0.4) is 0 Å². The first-order valence-corrected chi connectivity index (χ1v) is 5.76. The van der Waals surface area contributed by atoms with Gasteiger partial charge in [0.05, 0.1) is 7.11 Å². The summed E-state index contributed by atoms with van der Waals surface area (Å²) in [5.41, 5.74) is 9.26. The van der Waals surface area contributed by atoms with E-state index in [4.69, 9.17) is 10.5 Å². The fourth-order valence-corrected chi connectivity index (χ4v) is 1.85. The molecule has 0 amide bonds. The predicted octanol–water partition coefficient (Wildman–Crippen LogP) is 3.06. The second kappa shape index (κ2) is 5.39. The van der Waals surface area contributed by atoms with Crippen LogP contribution in [0.5, 0.6) is 5.75 Å². The normalized spacial score (nSPS) is 10.2. The van der Waals surface area contributed by atoms with Gasteiger partial charge in [-0.1, -0.05) is 30.3 Å². The largest absolute Gasteiger partial charge is 0.497 e. The number of hydrogen-bond donors (Lipinski definition) is 1.